The summed E-state index contributed by atoms with van der Waals surface area (Å²) >= 11 is 7.73. The SMILES string of the molecule is BrC(Cc1cccs1)c1cc2c(s1)CCCC2. The van der Waals surface area contributed by atoms with Gasteiger partial charge in [0.1, 0.15) is 0 Å². The summed E-state index contributed by atoms with van der Waals surface area (Å²) in [5.74, 6) is 0. The predicted molar refractivity (Wildman–Crippen MR) is 80.7 cm³/mol. The van der Waals surface area contributed by atoms with Gasteiger partial charge in [0.05, 0.1) is 4.83 Å². The van der Waals surface area contributed by atoms with Gasteiger partial charge in [-0.15, -0.1) is 22.7 Å². The van der Waals surface area contributed by atoms with Gasteiger partial charge in [-0.3, -0.25) is 0 Å². The van der Waals surface area contributed by atoms with Crippen LogP contribution in [0.2, 0.25) is 0 Å². The largest absolute Gasteiger partial charge is 0.149 e. The third kappa shape index (κ3) is 2.67. The van der Waals surface area contributed by atoms with Gasteiger partial charge in [-0.05, 0) is 55.2 Å². The van der Waals surface area contributed by atoms with Crippen LogP contribution >= 0.6 is 38.6 Å². The molecule has 0 spiro atoms. The Morgan fingerprint density at radius 2 is 2.18 bits per heavy atom. The molecule has 17 heavy (non-hydrogen) atoms. The maximum atomic E-state index is 3.85. The first-order valence-corrected chi connectivity index (χ1v) is 8.72. The lowest BCUT2D eigenvalue weighted by molar-refractivity contribution is 0.697. The number of fused-ring (bicyclic) bond motifs is 1. The first-order chi connectivity index (χ1) is 8.33. The molecule has 90 valence electrons. The molecule has 0 fully saturated rings. The Bertz CT molecular complexity index is 461. The number of hydrogen-bond donors (Lipinski definition) is 0. The molecule has 3 heteroatoms. The van der Waals surface area contributed by atoms with E-state index < -0.39 is 0 Å². The van der Waals surface area contributed by atoms with Crippen LogP contribution in [0.25, 0.3) is 0 Å². The fourth-order valence-corrected chi connectivity index (χ4v) is 5.34. The van der Waals surface area contributed by atoms with Gasteiger partial charge in [-0.1, -0.05) is 22.0 Å². The van der Waals surface area contributed by atoms with E-state index in [1.807, 2.05) is 22.7 Å². The minimum atomic E-state index is 0.497. The molecule has 0 saturated carbocycles. The maximum absolute atomic E-state index is 3.85. The average Bonchev–Trinajstić information content (AvgIpc) is 2.96. The summed E-state index contributed by atoms with van der Waals surface area (Å²) < 4.78 is 0. The molecule has 0 bridgehead atoms. The first kappa shape index (κ1) is 11.9. The second-order valence-electron chi connectivity index (χ2n) is 4.56. The molecule has 1 atom stereocenters. The molecular weight excluding hydrogens is 312 g/mol. The molecule has 0 nitrogen and oxygen atoms in total. The van der Waals surface area contributed by atoms with Crippen molar-refractivity contribution in [1.29, 1.82) is 0 Å². The van der Waals surface area contributed by atoms with E-state index in [1.165, 1.54) is 35.4 Å². The van der Waals surface area contributed by atoms with Crippen LogP contribution < -0.4 is 0 Å². The maximum Gasteiger partial charge on any atom is 0.0537 e. The molecule has 2 aromatic heterocycles. The predicted octanol–water partition coefficient (Wildman–Crippen LogP) is 5.37. The zero-order valence-corrected chi connectivity index (χ0v) is 12.8. The average molecular weight is 327 g/mol. The van der Waals surface area contributed by atoms with Crippen LogP contribution in [-0.4, -0.2) is 0 Å². The molecule has 0 saturated heterocycles. The van der Waals surface area contributed by atoms with Crippen molar-refractivity contribution in [2.45, 2.75) is 36.9 Å². The molecule has 1 unspecified atom stereocenters. The van der Waals surface area contributed by atoms with Crippen molar-refractivity contribution in [3.63, 3.8) is 0 Å². The Hall–Kier alpha value is -0.120. The summed E-state index contributed by atoms with van der Waals surface area (Å²) in [7, 11) is 0. The van der Waals surface area contributed by atoms with Gasteiger partial charge in [-0.25, -0.2) is 0 Å². The molecular formula is C14H15BrS2. The molecule has 2 heterocycles. The van der Waals surface area contributed by atoms with E-state index in [9.17, 15) is 0 Å². The van der Waals surface area contributed by atoms with E-state index in [0.29, 0.717) is 4.83 Å². The number of alkyl halides is 1. The second kappa shape index (κ2) is 5.25. The van der Waals surface area contributed by atoms with Crippen molar-refractivity contribution in [2.24, 2.45) is 0 Å². The smallest absolute Gasteiger partial charge is 0.0537 e. The first-order valence-electron chi connectivity index (χ1n) is 6.11. The molecule has 0 aromatic carbocycles. The standard InChI is InChI=1S/C14H15BrS2/c15-12(9-11-5-3-7-16-11)14-8-10-4-1-2-6-13(10)17-14/h3,5,7-8,12H,1-2,4,6,9H2. The summed E-state index contributed by atoms with van der Waals surface area (Å²) in [6.45, 7) is 0. The highest BCUT2D eigenvalue weighted by atomic mass is 79.9. The van der Waals surface area contributed by atoms with Crippen molar-refractivity contribution >= 4 is 38.6 Å². The highest BCUT2D eigenvalue weighted by Crippen LogP contribution is 2.38. The van der Waals surface area contributed by atoms with E-state index >= 15 is 0 Å². The third-order valence-electron chi connectivity index (χ3n) is 3.28. The number of thiophene rings is 2. The van der Waals surface area contributed by atoms with Crippen LogP contribution in [0.5, 0.6) is 0 Å². The summed E-state index contributed by atoms with van der Waals surface area (Å²) in [5, 5.41) is 2.16. The van der Waals surface area contributed by atoms with Crippen LogP contribution in [0.1, 0.15) is 37.9 Å². The summed E-state index contributed by atoms with van der Waals surface area (Å²) in [6.07, 6.45) is 6.48. The Kier molecular flexibility index (Phi) is 3.69. The Morgan fingerprint density at radius 3 is 2.94 bits per heavy atom. The fraction of sp³-hybridized carbons (Fsp3) is 0.429. The number of halogens is 1. The van der Waals surface area contributed by atoms with Crippen molar-refractivity contribution in [3.05, 3.63) is 43.8 Å². The number of hydrogen-bond acceptors (Lipinski definition) is 2. The molecule has 0 aliphatic heterocycles. The van der Waals surface area contributed by atoms with E-state index in [0.717, 1.165) is 6.42 Å². The molecule has 0 radical (unpaired) electrons. The minimum Gasteiger partial charge on any atom is -0.149 e. The van der Waals surface area contributed by atoms with Crippen molar-refractivity contribution < 1.29 is 0 Å². The van der Waals surface area contributed by atoms with Crippen LogP contribution in [0.15, 0.2) is 23.6 Å². The third-order valence-corrected chi connectivity index (χ3v) is 6.65. The number of rotatable bonds is 3. The van der Waals surface area contributed by atoms with Crippen LogP contribution in [-0.2, 0) is 19.3 Å². The summed E-state index contributed by atoms with van der Waals surface area (Å²) in [5.41, 5.74) is 1.62. The van der Waals surface area contributed by atoms with Gasteiger partial charge in [0.15, 0.2) is 0 Å². The molecule has 3 rings (SSSR count). The van der Waals surface area contributed by atoms with Crippen LogP contribution in [0.3, 0.4) is 0 Å². The minimum absolute atomic E-state index is 0.497. The van der Waals surface area contributed by atoms with Crippen LogP contribution in [0.4, 0.5) is 0 Å². The van der Waals surface area contributed by atoms with Gasteiger partial charge in [0.25, 0.3) is 0 Å². The van der Waals surface area contributed by atoms with Gasteiger partial charge in [-0.2, -0.15) is 0 Å². The lowest BCUT2D eigenvalue weighted by Crippen LogP contribution is -1.96. The normalized spacial score (nSPS) is 16.8. The van der Waals surface area contributed by atoms with Gasteiger partial charge >= 0.3 is 0 Å². The zero-order chi connectivity index (χ0) is 11.7. The van der Waals surface area contributed by atoms with E-state index in [-0.39, 0.29) is 0 Å². The van der Waals surface area contributed by atoms with Gasteiger partial charge in [0, 0.05) is 14.6 Å². The molecule has 1 aliphatic carbocycles. The van der Waals surface area contributed by atoms with E-state index in [1.54, 1.807) is 10.4 Å². The van der Waals surface area contributed by atoms with E-state index in [2.05, 4.69) is 39.5 Å². The van der Waals surface area contributed by atoms with Crippen molar-refractivity contribution in [1.82, 2.24) is 0 Å². The molecule has 0 amide bonds. The van der Waals surface area contributed by atoms with Gasteiger partial charge < -0.3 is 0 Å². The molecule has 0 N–H and O–H groups in total. The van der Waals surface area contributed by atoms with Gasteiger partial charge in [0.2, 0.25) is 0 Å². The zero-order valence-electron chi connectivity index (χ0n) is 9.62. The van der Waals surface area contributed by atoms with Crippen LogP contribution in [0, 0.1) is 0 Å². The Morgan fingerprint density at radius 1 is 1.29 bits per heavy atom. The monoisotopic (exact) mass is 326 g/mol. The Labute approximate surface area is 119 Å². The highest BCUT2D eigenvalue weighted by molar-refractivity contribution is 9.09. The summed E-state index contributed by atoms with van der Waals surface area (Å²) in [6, 6.07) is 6.80. The molecule has 2 aromatic rings. The molecule has 1 aliphatic rings. The van der Waals surface area contributed by atoms with E-state index in [4.69, 9.17) is 0 Å². The Balaban J connectivity index is 1.77. The summed E-state index contributed by atoms with van der Waals surface area (Å²) in [4.78, 5) is 5.13. The second-order valence-corrected chi connectivity index (χ2v) is 7.86. The van der Waals surface area contributed by atoms with Crippen molar-refractivity contribution in [2.75, 3.05) is 0 Å². The fourth-order valence-electron chi connectivity index (χ4n) is 2.37. The highest BCUT2D eigenvalue weighted by Gasteiger charge is 2.17. The quantitative estimate of drug-likeness (QED) is 0.665. The van der Waals surface area contributed by atoms with Crippen molar-refractivity contribution in [3.8, 4) is 0 Å². The lowest BCUT2D eigenvalue weighted by atomic mass is 9.99. The number of aryl methyl sites for hydroxylation is 2. The lowest BCUT2D eigenvalue weighted by Gasteiger charge is -2.08. The topological polar surface area (TPSA) is 0 Å².